The minimum Gasteiger partial charge on any atom is -0.487 e. The van der Waals surface area contributed by atoms with Crippen molar-refractivity contribution < 1.29 is 26.7 Å². The van der Waals surface area contributed by atoms with E-state index in [2.05, 4.69) is 4.74 Å². The summed E-state index contributed by atoms with van der Waals surface area (Å²) in [4.78, 5) is 0. The average Bonchev–Trinajstić information content (AvgIpc) is 2.28. The van der Waals surface area contributed by atoms with E-state index in [4.69, 9.17) is 11.1 Å². The Morgan fingerprint density at radius 2 is 1.35 bits per heavy atom. The maximum atomic E-state index is 13.0. The first-order chi connectivity index (χ1) is 7.86. The fourth-order valence-corrected chi connectivity index (χ4v) is 0.975. The fraction of sp³-hybridized carbons (Fsp3) is 0.222. The van der Waals surface area contributed by atoms with E-state index in [0.717, 1.165) is 0 Å². The zero-order chi connectivity index (χ0) is 13.2. The number of nitrogens with one attached hydrogen (secondary N) is 1. The molecule has 0 aromatic heterocycles. The molecular formula is C9H7F5N2O. The minimum absolute atomic E-state index is 0.195. The Kier molecular flexibility index (Phi) is 3.87. The van der Waals surface area contributed by atoms with Gasteiger partial charge in [0.2, 0.25) is 29.1 Å². The number of amidine groups is 1. The Labute approximate surface area is 92.5 Å². The van der Waals surface area contributed by atoms with Crippen LogP contribution in [-0.4, -0.2) is 12.4 Å². The maximum Gasteiger partial charge on any atom is 0.206 e. The van der Waals surface area contributed by atoms with Crippen molar-refractivity contribution in [3.8, 4) is 5.75 Å². The summed E-state index contributed by atoms with van der Waals surface area (Å²) >= 11 is 0. The highest BCUT2D eigenvalue weighted by Crippen LogP contribution is 2.28. The highest BCUT2D eigenvalue weighted by Gasteiger charge is 2.26. The molecule has 0 saturated carbocycles. The molecule has 8 heteroatoms. The first kappa shape index (κ1) is 13.2. The molecule has 94 valence electrons. The van der Waals surface area contributed by atoms with Crippen LogP contribution < -0.4 is 10.5 Å². The van der Waals surface area contributed by atoms with Gasteiger partial charge in [0.25, 0.3) is 0 Å². The summed E-state index contributed by atoms with van der Waals surface area (Å²) in [5, 5.41) is 6.79. The molecule has 0 aliphatic heterocycles. The lowest BCUT2D eigenvalue weighted by molar-refractivity contribution is 0.269. The number of hydrogen-bond acceptors (Lipinski definition) is 2. The molecule has 0 radical (unpaired) electrons. The third-order valence-electron chi connectivity index (χ3n) is 1.79. The number of halogens is 5. The van der Waals surface area contributed by atoms with E-state index in [1.54, 1.807) is 0 Å². The van der Waals surface area contributed by atoms with Gasteiger partial charge in [-0.1, -0.05) is 0 Å². The molecule has 3 nitrogen and oxygen atoms in total. The van der Waals surface area contributed by atoms with Crippen LogP contribution in [0, 0.1) is 34.5 Å². The molecule has 1 rings (SSSR count). The van der Waals surface area contributed by atoms with E-state index in [1.165, 1.54) is 0 Å². The lowest BCUT2D eigenvalue weighted by atomic mass is 10.2. The second-order valence-corrected chi connectivity index (χ2v) is 3.02. The van der Waals surface area contributed by atoms with E-state index < -0.39 is 41.4 Å². The van der Waals surface area contributed by atoms with Gasteiger partial charge in [-0.2, -0.15) is 8.78 Å². The predicted octanol–water partition coefficient (Wildman–Crippen LogP) is 2.09. The number of ether oxygens (including phenoxy) is 1. The highest BCUT2D eigenvalue weighted by atomic mass is 19.2. The molecule has 0 heterocycles. The minimum atomic E-state index is -2.25. The van der Waals surface area contributed by atoms with Gasteiger partial charge in [0.1, 0.15) is 0 Å². The van der Waals surface area contributed by atoms with Gasteiger partial charge in [-0.05, 0) is 0 Å². The van der Waals surface area contributed by atoms with Crippen molar-refractivity contribution >= 4 is 5.84 Å². The average molecular weight is 254 g/mol. The molecule has 0 aliphatic carbocycles. The van der Waals surface area contributed by atoms with Crippen LogP contribution in [0.3, 0.4) is 0 Å². The molecule has 0 amide bonds. The van der Waals surface area contributed by atoms with E-state index in [0.29, 0.717) is 0 Å². The summed E-state index contributed by atoms with van der Waals surface area (Å²) in [5.41, 5.74) is 4.92. The molecule has 1 aromatic rings. The Morgan fingerprint density at radius 1 is 0.941 bits per heavy atom. The zero-order valence-corrected chi connectivity index (χ0v) is 8.29. The number of benzene rings is 1. The molecule has 17 heavy (non-hydrogen) atoms. The lowest BCUT2D eigenvalue weighted by Gasteiger charge is -2.09. The quantitative estimate of drug-likeness (QED) is 0.284. The number of nitrogens with two attached hydrogens (primary N) is 1. The Morgan fingerprint density at radius 3 is 1.76 bits per heavy atom. The molecular weight excluding hydrogens is 247 g/mol. The largest absolute Gasteiger partial charge is 0.487 e. The van der Waals surface area contributed by atoms with Crippen molar-refractivity contribution in [2.24, 2.45) is 5.73 Å². The molecule has 0 fully saturated rings. The molecule has 0 spiro atoms. The summed E-state index contributed by atoms with van der Waals surface area (Å²) in [6, 6.07) is 0. The molecule has 0 atom stereocenters. The van der Waals surface area contributed by atoms with Gasteiger partial charge >= 0.3 is 0 Å². The van der Waals surface area contributed by atoms with Crippen LogP contribution in [0.4, 0.5) is 22.0 Å². The number of hydrogen-bond donors (Lipinski definition) is 2. The molecule has 3 N–H and O–H groups in total. The smallest absolute Gasteiger partial charge is 0.206 e. The normalized spacial score (nSPS) is 10.4. The summed E-state index contributed by atoms with van der Waals surface area (Å²) in [6.45, 7) is -0.465. The summed E-state index contributed by atoms with van der Waals surface area (Å²) in [6.07, 6.45) is -0.195. The lowest BCUT2D eigenvalue weighted by Crippen LogP contribution is -2.15. The molecule has 0 saturated heterocycles. The van der Waals surface area contributed by atoms with Crippen molar-refractivity contribution in [1.29, 1.82) is 5.41 Å². The van der Waals surface area contributed by atoms with Gasteiger partial charge in [0.05, 0.1) is 12.4 Å². The van der Waals surface area contributed by atoms with Gasteiger partial charge < -0.3 is 10.5 Å². The van der Waals surface area contributed by atoms with Crippen LogP contribution in [-0.2, 0) is 0 Å². The van der Waals surface area contributed by atoms with Crippen molar-refractivity contribution in [2.45, 2.75) is 6.42 Å². The van der Waals surface area contributed by atoms with Crippen LogP contribution in [0.5, 0.6) is 5.75 Å². The molecule has 0 unspecified atom stereocenters. The van der Waals surface area contributed by atoms with Gasteiger partial charge in [-0.15, -0.1) is 0 Å². The Bertz CT molecular complexity index is 434. The monoisotopic (exact) mass is 254 g/mol. The SMILES string of the molecule is N=C(N)CCOc1c(F)c(F)c(F)c(F)c1F. The van der Waals surface area contributed by atoms with Gasteiger partial charge in [-0.3, -0.25) is 5.41 Å². The predicted molar refractivity (Wildman–Crippen MR) is 48.3 cm³/mol. The topological polar surface area (TPSA) is 59.1 Å². The van der Waals surface area contributed by atoms with Gasteiger partial charge in [0.15, 0.2) is 5.75 Å². The molecule has 1 aromatic carbocycles. The number of rotatable bonds is 4. The van der Waals surface area contributed by atoms with Crippen molar-refractivity contribution in [3.63, 3.8) is 0 Å². The summed E-state index contributed by atoms with van der Waals surface area (Å²) < 4.78 is 68.3. The van der Waals surface area contributed by atoms with Crippen LogP contribution in [0.2, 0.25) is 0 Å². The third-order valence-corrected chi connectivity index (χ3v) is 1.79. The Hall–Kier alpha value is -1.86. The van der Waals surface area contributed by atoms with E-state index >= 15 is 0 Å². The highest BCUT2D eigenvalue weighted by molar-refractivity contribution is 5.76. The van der Waals surface area contributed by atoms with E-state index in [1.807, 2.05) is 0 Å². The zero-order valence-electron chi connectivity index (χ0n) is 8.29. The van der Waals surface area contributed by atoms with Crippen LogP contribution in [0.15, 0.2) is 0 Å². The van der Waals surface area contributed by atoms with Gasteiger partial charge in [0, 0.05) is 6.42 Å². The van der Waals surface area contributed by atoms with Crippen molar-refractivity contribution in [1.82, 2.24) is 0 Å². The van der Waals surface area contributed by atoms with Crippen molar-refractivity contribution in [2.75, 3.05) is 6.61 Å². The molecule has 0 aliphatic rings. The second kappa shape index (κ2) is 4.98. The van der Waals surface area contributed by atoms with E-state index in [9.17, 15) is 22.0 Å². The Balaban J connectivity index is 3.03. The van der Waals surface area contributed by atoms with E-state index in [-0.39, 0.29) is 12.3 Å². The van der Waals surface area contributed by atoms with Crippen LogP contribution >= 0.6 is 0 Å². The fourth-order valence-electron chi connectivity index (χ4n) is 0.975. The van der Waals surface area contributed by atoms with Crippen LogP contribution in [0.25, 0.3) is 0 Å². The van der Waals surface area contributed by atoms with Gasteiger partial charge in [-0.25, -0.2) is 13.2 Å². The first-order valence-electron chi connectivity index (χ1n) is 4.33. The molecule has 0 bridgehead atoms. The first-order valence-corrected chi connectivity index (χ1v) is 4.33. The summed E-state index contributed by atoms with van der Waals surface area (Å²) in [5.74, 6) is -12.2. The standard InChI is InChI=1S/C9H7F5N2O/c10-4-5(11)7(13)9(8(14)6(4)12)17-2-1-3(15)16/h1-2H2,(H3,15,16). The third kappa shape index (κ3) is 2.63. The van der Waals surface area contributed by atoms with Crippen LogP contribution in [0.1, 0.15) is 6.42 Å². The van der Waals surface area contributed by atoms with Crippen molar-refractivity contribution in [3.05, 3.63) is 29.1 Å². The second-order valence-electron chi connectivity index (χ2n) is 3.02. The maximum absolute atomic E-state index is 13.0. The summed E-state index contributed by atoms with van der Waals surface area (Å²) in [7, 11) is 0.